The number of halogens is 2. The van der Waals surface area contributed by atoms with Crippen molar-refractivity contribution in [2.45, 2.75) is 19.4 Å². The molecule has 1 atom stereocenters. The Morgan fingerprint density at radius 3 is 2.90 bits per heavy atom. The fourth-order valence-corrected chi connectivity index (χ4v) is 3.20. The van der Waals surface area contributed by atoms with Gasteiger partial charge in [-0.25, -0.2) is 4.39 Å². The molecule has 0 bridgehead atoms. The number of nitrogens with one attached hydrogen (secondary N) is 1. The normalized spacial score (nSPS) is 12.2. The summed E-state index contributed by atoms with van der Waals surface area (Å²) in [6, 6.07) is 6.42. The van der Waals surface area contributed by atoms with Gasteiger partial charge in [0.25, 0.3) is 5.91 Å². The Morgan fingerprint density at radius 2 is 2.30 bits per heavy atom. The second-order valence-corrected chi connectivity index (χ2v) is 6.14. The third-order valence-corrected chi connectivity index (χ3v) is 4.57. The number of nitrogen functional groups attached to an aromatic ring is 1. The van der Waals surface area contributed by atoms with Crippen LogP contribution in [0, 0.1) is 5.82 Å². The first-order chi connectivity index (χ1) is 9.52. The van der Waals surface area contributed by atoms with Crippen molar-refractivity contribution in [3.8, 4) is 0 Å². The summed E-state index contributed by atoms with van der Waals surface area (Å²) in [6.07, 6.45) is 0.778. The summed E-state index contributed by atoms with van der Waals surface area (Å²) in [4.78, 5) is 13.4. The second-order valence-electron chi connectivity index (χ2n) is 4.30. The molecule has 6 heteroatoms. The van der Waals surface area contributed by atoms with Crippen molar-refractivity contribution in [1.29, 1.82) is 0 Å². The SMILES string of the molecule is CCC(NC(=O)c1cc(N)c(F)cc1Br)c1cccs1. The minimum Gasteiger partial charge on any atom is -0.396 e. The fraction of sp³-hybridized carbons (Fsp3) is 0.214. The fourth-order valence-electron chi connectivity index (χ4n) is 1.84. The first-order valence-electron chi connectivity index (χ1n) is 6.11. The lowest BCUT2D eigenvalue weighted by Crippen LogP contribution is -2.28. The van der Waals surface area contributed by atoms with E-state index in [2.05, 4.69) is 21.2 Å². The highest BCUT2D eigenvalue weighted by molar-refractivity contribution is 9.10. The predicted octanol–water partition coefficient (Wildman–Crippen LogP) is 4.11. The van der Waals surface area contributed by atoms with Crippen LogP contribution in [0.1, 0.15) is 34.6 Å². The van der Waals surface area contributed by atoms with E-state index in [4.69, 9.17) is 5.73 Å². The van der Waals surface area contributed by atoms with Gasteiger partial charge in [-0.15, -0.1) is 11.3 Å². The molecule has 3 N–H and O–H groups in total. The third kappa shape index (κ3) is 3.19. The summed E-state index contributed by atoms with van der Waals surface area (Å²) in [6.45, 7) is 2.00. The molecule has 0 radical (unpaired) electrons. The smallest absolute Gasteiger partial charge is 0.253 e. The van der Waals surface area contributed by atoms with E-state index in [-0.39, 0.29) is 17.6 Å². The molecule has 2 aromatic rings. The maximum Gasteiger partial charge on any atom is 0.253 e. The van der Waals surface area contributed by atoms with E-state index >= 15 is 0 Å². The summed E-state index contributed by atoms with van der Waals surface area (Å²) < 4.78 is 13.7. The van der Waals surface area contributed by atoms with E-state index in [1.165, 1.54) is 12.1 Å². The number of benzene rings is 1. The summed E-state index contributed by atoms with van der Waals surface area (Å²) in [5, 5.41) is 4.90. The van der Waals surface area contributed by atoms with E-state index < -0.39 is 5.82 Å². The maximum atomic E-state index is 13.3. The molecule has 3 nitrogen and oxygen atoms in total. The summed E-state index contributed by atoms with van der Waals surface area (Å²) in [5.74, 6) is -0.817. The lowest BCUT2D eigenvalue weighted by atomic mass is 10.1. The van der Waals surface area contributed by atoms with Crippen LogP contribution in [0.15, 0.2) is 34.1 Å². The molecule has 1 heterocycles. The molecule has 1 unspecified atom stereocenters. The van der Waals surface area contributed by atoms with Crippen LogP contribution >= 0.6 is 27.3 Å². The maximum absolute atomic E-state index is 13.3. The third-order valence-electron chi connectivity index (χ3n) is 2.93. The standard InChI is InChI=1S/C14H14BrFN2OS/c1-2-12(13-4-3-5-20-13)18-14(19)8-6-11(17)10(16)7-9(8)15/h3-7,12H,2,17H2,1H3,(H,18,19). The molecule has 106 valence electrons. The van der Waals surface area contributed by atoms with Crippen LogP contribution in [0.3, 0.4) is 0 Å². The quantitative estimate of drug-likeness (QED) is 0.809. The molecule has 2 rings (SSSR count). The number of rotatable bonds is 4. The van der Waals surface area contributed by atoms with Crippen LogP contribution < -0.4 is 11.1 Å². The molecule has 0 saturated heterocycles. The van der Waals surface area contributed by atoms with Gasteiger partial charge in [0, 0.05) is 9.35 Å². The Bertz CT molecular complexity index is 616. The first-order valence-corrected chi connectivity index (χ1v) is 7.79. The lowest BCUT2D eigenvalue weighted by molar-refractivity contribution is 0.0935. The molecule has 0 fully saturated rings. The zero-order valence-corrected chi connectivity index (χ0v) is 13.2. The van der Waals surface area contributed by atoms with Crippen LogP contribution in [0.4, 0.5) is 10.1 Å². The van der Waals surface area contributed by atoms with Crippen molar-refractivity contribution in [3.63, 3.8) is 0 Å². The molecule has 0 spiro atoms. The number of anilines is 1. The average Bonchev–Trinajstić information content (AvgIpc) is 2.93. The summed E-state index contributed by atoms with van der Waals surface area (Å²) in [7, 11) is 0. The average molecular weight is 357 g/mol. The second kappa shape index (κ2) is 6.37. The van der Waals surface area contributed by atoms with E-state index in [9.17, 15) is 9.18 Å². The zero-order chi connectivity index (χ0) is 14.7. The summed E-state index contributed by atoms with van der Waals surface area (Å²) in [5.41, 5.74) is 5.80. The van der Waals surface area contributed by atoms with Gasteiger partial charge in [-0.2, -0.15) is 0 Å². The molecule has 20 heavy (non-hydrogen) atoms. The molecule has 0 aliphatic rings. The molecular weight excluding hydrogens is 343 g/mol. The molecule has 0 saturated carbocycles. The van der Waals surface area contributed by atoms with Crippen LogP contribution in [0.5, 0.6) is 0 Å². The van der Waals surface area contributed by atoms with Crippen molar-refractivity contribution in [2.75, 3.05) is 5.73 Å². The van der Waals surface area contributed by atoms with Crippen molar-refractivity contribution in [2.24, 2.45) is 0 Å². The number of carbonyl (C=O) groups excluding carboxylic acids is 1. The Morgan fingerprint density at radius 1 is 1.55 bits per heavy atom. The largest absolute Gasteiger partial charge is 0.396 e. The highest BCUT2D eigenvalue weighted by Crippen LogP contribution is 2.25. The van der Waals surface area contributed by atoms with Crippen LogP contribution in [-0.2, 0) is 0 Å². The number of nitrogens with two attached hydrogens (primary N) is 1. The van der Waals surface area contributed by atoms with E-state index in [0.29, 0.717) is 10.0 Å². The lowest BCUT2D eigenvalue weighted by Gasteiger charge is -2.16. The number of carbonyl (C=O) groups is 1. The van der Waals surface area contributed by atoms with E-state index in [0.717, 1.165) is 11.3 Å². The summed E-state index contributed by atoms with van der Waals surface area (Å²) >= 11 is 4.78. The van der Waals surface area contributed by atoms with Gasteiger partial charge in [0.15, 0.2) is 0 Å². The molecule has 0 aliphatic heterocycles. The van der Waals surface area contributed by atoms with Gasteiger partial charge in [0.1, 0.15) is 5.82 Å². The molecule has 1 amide bonds. The topological polar surface area (TPSA) is 55.1 Å². The van der Waals surface area contributed by atoms with Crippen molar-refractivity contribution >= 4 is 38.9 Å². The van der Waals surface area contributed by atoms with Gasteiger partial charge in [0.05, 0.1) is 17.3 Å². The number of hydrogen-bond acceptors (Lipinski definition) is 3. The monoisotopic (exact) mass is 356 g/mol. The van der Waals surface area contributed by atoms with Crippen molar-refractivity contribution in [1.82, 2.24) is 5.32 Å². The Labute approximate surface area is 129 Å². The van der Waals surface area contributed by atoms with E-state index in [1.54, 1.807) is 11.3 Å². The van der Waals surface area contributed by atoms with Gasteiger partial charge >= 0.3 is 0 Å². The van der Waals surface area contributed by atoms with Gasteiger partial charge < -0.3 is 11.1 Å². The molecule has 1 aromatic heterocycles. The first kappa shape index (κ1) is 15.0. The van der Waals surface area contributed by atoms with Gasteiger partial charge in [-0.1, -0.05) is 13.0 Å². The molecule has 0 aliphatic carbocycles. The number of hydrogen-bond donors (Lipinski definition) is 2. The van der Waals surface area contributed by atoms with Crippen molar-refractivity contribution in [3.05, 3.63) is 50.4 Å². The molecule has 1 aromatic carbocycles. The highest BCUT2D eigenvalue weighted by Gasteiger charge is 2.18. The zero-order valence-electron chi connectivity index (χ0n) is 10.8. The Hall–Kier alpha value is -1.40. The van der Waals surface area contributed by atoms with Gasteiger partial charge in [-0.05, 0) is 45.9 Å². The predicted molar refractivity (Wildman–Crippen MR) is 83.3 cm³/mol. The molecular formula is C14H14BrFN2OS. The van der Waals surface area contributed by atoms with Crippen LogP contribution in [-0.4, -0.2) is 5.91 Å². The van der Waals surface area contributed by atoms with Crippen molar-refractivity contribution < 1.29 is 9.18 Å². The number of thiophene rings is 1. The van der Waals surface area contributed by atoms with E-state index in [1.807, 2.05) is 24.4 Å². The number of amides is 1. The Balaban J connectivity index is 2.21. The Kier molecular flexibility index (Phi) is 4.77. The van der Waals surface area contributed by atoms with Gasteiger partial charge in [-0.3, -0.25) is 4.79 Å². The van der Waals surface area contributed by atoms with Crippen LogP contribution in [0.2, 0.25) is 0 Å². The van der Waals surface area contributed by atoms with Gasteiger partial charge in [0.2, 0.25) is 0 Å². The van der Waals surface area contributed by atoms with Crippen LogP contribution in [0.25, 0.3) is 0 Å². The highest BCUT2D eigenvalue weighted by atomic mass is 79.9. The minimum atomic E-state index is -0.543. The minimum absolute atomic E-state index is 0.0393.